The van der Waals surface area contributed by atoms with Crippen molar-refractivity contribution < 1.29 is 5.11 Å². The van der Waals surface area contributed by atoms with Crippen LogP contribution in [-0.2, 0) is 0 Å². The second-order valence-electron chi connectivity index (χ2n) is 3.82. The van der Waals surface area contributed by atoms with E-state index in [0.29, 0.717) is 11.6 Å². The lowest BCUT2D eigenvalue weighted by molar-refractivity contribution is 0.477. The van der Waals surface area contributed by atoms with E-state index in [9.17, 15) is 5.11 Å². The van der Waals surface area contributed by atoms with Crippen molar-refractivity contribution in [2.45, 2.75) is 13.3 Å². The van der Waals surface area contributed by atoms with Crippen LogP contribution in [0.1, 0.15) is 13.3 Å². The third-order valence-electron chi connectivity index (χ3n) is 2.50. The molecule has 3 nitrogen and oxygen atoms in total. The average Bonchev–Trinajstić information content (AvgIpc) is 2.25. The summed E-state index contributed by atoms with van der Waals surface area (Å²) in [4.78, 5) is 4.28. The number of benzene rings is 1. The molecular formula is C12H13IN2O. The molecule has 0 bridgehead atoms. The molecule has 2 N–H and O–H groups in total. The van der Waals surface area contributed by atoms with Crippen molar-refractivity contribution in [1.29, 1.82) is 0 Å². The highest BCUT2D eigenvalue weighted by atomic mass is 127. The predicted molar refractivity (Wildman–Crippen MR) is 74.8 cm³/mol. The van der Waals surface area contributed by atoms with E-state index in [-0.39, 0.29) is 5.75 Å². The zero-order chi connectivity index (χ0) is 11.5. The molecule has 0 aliphatic carbocycles. The molecular weight excluding hydrogens is 315 g/mol. The molecule has 1 aliphatic heterocycles. The van der Waals surface area contributed by atoms with E-state index in [4.69, 9.17) is 0 Å². The number of anilines is 1. The highest BCUT2D eigenvalue weighted by molar-refractivity contribution is 14.1. The Balaban J connectivity index is 2.20. The van der Waals surface area contributed by atoms with Crippen molar-refractivity contribution in [1.82, 2.24) is 0 Å². The predicted octanol–water partition coefficient (Wildman–Crippen LogP) is 3.36. The third kappa shape index (κ3) is 2.55. The number of hydrogen-bond acceptors (Lipinski definition) is 3. The molecule has 0 amide bonds. The van der Waals surface area contributed by atoms with Gasteiger partial charge in [-0.25, -0.2) is 4.99 Å². The molecule has 0 fully saturated rings. The molecule has 0 saturated heterocycles. The topological polar surface area (TPSA) is 44.6 Å². The van der Waals surface area contributed by atoms with Crippen LogP contribution in [0.25, 0.3) is 0 Å². The van der Waals surface area contributed by atoms with E-state index in [1.807, 2.05) is 18.2 Å². The summed E-state index contributed by atoms with van der Waals surface area (Å²) in [6.45, 7) is 2.11. The minimum Gasteiger partial charge on any atom is -0.506 e. The first-order valence-corrected chi connectivity index (χ1v) is 6.23. The summed E-state index contributed by atoms with van der Waals surface area (Å²) in [5.41, 5.74) is 0.710. The molecule has 1 unspecified atom stereocenters. The Morgan fingerprint density at radius 2 is 2.31 bits per heavy atom. The average molecular weight is 328 g/mol. The maximum absolute atomic E-state index is 9.77. The van der Waals surface area contributed by atoms with Crippen molar-refractivity contribution in [3.63, 3.8) is 0 Å². The summed E-state index contributed by atoms with van der Waals surface area (Å²) in [6, 6.07) is 5.55. The first kappa shape index (κ1) is 11.4. The maximum atomic E-state index is 9.77. The van der Waals surface area contributed by atoms with Gasteiger partial charge in [0.2, 0.25) is 0 Å². The monoisotopic (exact) mass is 328 g/mol. The number of halogens is 1. The van der Waals surface area contributed by atoms with Crippen LogP contribution in [0.3, 0.4) is 0 Å². The van der Waals surface area contributed by atoms with Gasteiger partial charge in [-0.05, 0) is 47.2 Å². The van der Waals surface area contributed by atoms with Crippen LogP contribution in [0.2, 0.25) is 0 Å². The standard InChI is InChI=1S/C12H13IN2O/c1-8-3-2-6-14-12(8)15-10-5-4-9(13)7-11(10)16/h2,4-8,16H,3H2,1H3,(H,14,15). The Morgan fingerprint density at radius 1 is 1.50 bits per heavy atom. The summed E-state index contributed by atoms with van der Waals surface area (Å²) in [5, 5.41) is 12.9. The summed E-state index contributed by atoms with van der Waals surface area (Å²) in [7, 11) is 0. The molecule has 1 aliphatic rings. The van der Waals surface area contributed by atoms with Gasteiger partial charge in [-0.1, -0.05) is 13.0 Å². The second kappa shape index (κ2) is 4.86. The first-order chi connectivity index (χ1) is 7.66. The van der Waals surface area contributed by atoms with Gasteiger partial charge in [-0.15, -0.1) is 0 Å². The molecule has 0 spiro atoms. The Kier molecular flexibility index (Phi) is 3.48. The molecule has 84 valence electrons. The highest BCUT2D eigenvalue weighted by Crippen LogP contribution is 2.26. The van der Waals surface area contributed by atoms with Crippen LogP contribution < -0.4 is 5.32 Å². The number of aromatic hydroxyl groups is 1. The number of phenolic OH excluding ortho intramolecular Hbond substituents is 1. The number of aliphatic imine (C=N–C) groups is 1. The van der Waals surface area contributed by atoms with Crippen LogP contribution in [-0.4, -0.2) is 10.9 Å². The van der Waals surface area contributed by atoms with Crippen LogP contribution >= 0.6 is 22.6 Å². The fraction of sp³-hybridized carbons (Fsp3) is 0.250. The maximum Gasteiger partial charge on any atom is 0.140 e. The molecule has 16 heavy (non-hydrogen) atoms. The number of rotatable bonds is 1. The quantitative estimate of drug-likeness (QED) is 0.613. The van der Waals surface area contributed by atoms with Gasteiger partial charge in [0.25, 0.3) is 0 Å². The van der Waals surface area contributed by atoms with E-state index < -0.39 is 0 Å². The number of hydrogen-bond donors (Lipinski definition) is 2. The van der Waals surface area contributed by atoms with Crippen molar-refractivity contribution >= 4 is 34.1 Å². The Bertz CT molecular complexity index is 454. The van der Waals surface area contributed by atoms with Gasteiger partial charge in [0, 0.05) is 15.7 Å². The smallest absolute Gasteiger partial charge is 0.140 e. The lowest BCUT2D eigenvalue weighted by Gasteiger charge is -2.18. The van der Waals surface area contributed by atoms with Gasteiger partial charge in [-0.3, -0.25) is 0 Å². The summed E-state index contributed by atoms with van der Waals surface area (Å²) >= 11 is 2.17. The molecule has 0 radical (unpaired) electrons. The highest BCUT2D eigenvalue weighted by Gasteiger charge is 2.13. The molecule has 0 aromatic heterocycles. The molecule has 4 heteroatoms. The van der Waals surface area contributed by atoms with Gasteiger partial charge < -0.3 is 10.4 Å². The summed E-state index contributed by atoms with van der Waals surface area (Å²) in [6.07, 6.45) is 4.83. The van der Waals surface area contributed by atoms with Crippen LogP contribution in [0.5, 0.6) is 5.75 Å². The Labute approximate surface area is 108 Å². The molecule has 1 aromatic rings. The van der Waals surface area contributed by atoms with Crippen molar-refractivity contribution in [3.05, 3.63) is 34.0 Å². The van der Waals surface area contributed by atoms with Gasteiger partial charge in [0.15, 0.2) is 0 Å². The summed E-state index contributed by atoms with van der Waals surface area (Å²) < 4.78 is 1.01. The van der Waals surface area contributed by atoms with E-state index in [2.05, 4.69) is 39.8 Å². The SMILES string of the molecule is CC1CC=CN=C1Nc1ccc(I)cc1O. The number of phenols is 1. The van der Waals surface area contributed by atoms with Gasteiger partial charge in [0.05, 0.1) is 5.69 Å². The lowest BCUT2D eigenvalue weighted by atomic mass is 10.0. The minimum absolute atomic E-state index is 0.261. The van der Waals surface area contributed by atoms with Crippen molar-refractivity contribution in [3.8, 4) is 5.75 Å². The molecule has 1 atom stereocenters. The number of nitrogens with one attached hydrogen (secondary N) is 1. The Morgan fingerprint density at radius 3 is 3.00 bits per heavy atom. The fourth-order valence-corrected chi connectivity index (χ4v) is 2.02. The van der Waals surface area contributed by atoms with Crippen molar-refractivity contribution in [2.24, 2.45) is 10.9 Å². The van der Waals surface area contributed by atoms with E-state index in [1.54, 1.807) is 12.3 Å². The largest absolute Gasteiger partial charge is 0.506 e. The normalized spacial score (nSPS) is 19.4. The van der Waals surface area contributed by atoms with E-state index in [1.165, 1.54) is 0 Å². The van der Waals surface area contributed by atoms with E-state index in [0.717, 1.165) is 15.8 Å². The van der Waals surface area contributed by atoms with Gasteiger partial charge >= 0.3 is 0 Å². The number of allylic oxidation sites excluding steroid dienone is 1. The molecule has 1 heterocycles. The molecule has 1 aromatic carbocycles. The van der Waals surface area contributed by atoms with Crippen LogP contribution in [0, 0.1) is 9.49 Å². The van der Waals surface area contributed by atoms with Gasteiger partial charge in [-0.2, -0.15) is 0 Å². The molecule has 0 saturated carbocycles. The third-order valence-corrected chi connectivity index (χ3v) is 3.17. The molecule has 2 rings (SSSR count). The number of nitrogens with zero attached hydrogens (tertiary/aromatic N) is 1. The van der Waals surface area contributed by atoms with Gasteiger partial charge in [0.1, 0.15) is 11.6 Å². The Hall–Kier alpha value is -1.04. The minimum atomic E-state index is 0.261. The zero-order valence-electron chi connectivity index (χ0n) is 8.94. The van der Waals surface area contributed by atoms with Crippen LogP contribution in [0.4, 0.5) is 5.69 Å². The lowest BCUT2D eigenvalue weighted by Crippen LogP contribution is -2.21. The first-order valence-electron chi connectivity index (χ1n) is 5.15. The summed E-state index contributed by atoms with van der Waals surface area (Å²) in [5.74, 6) is 1.53. The second-order valence-corrected chi connectivity index (χ2v) is 5.07. The number of amidine groups is 1. The van der Waals surface area contributed by atoms with Crippen LogP contribution in [0.15, 0.2) is 35.5 Å². The van der Waals surface area contributed by atoms with Crippen molar-refractivity contribution in [2.75, 3.05) is 5.32 Å². The zero-order valence-corrected chi connectivity index (χ0v) is 11.1. The fourth-order valence-electron chi connectivity index (χ4n) is 1.54. The van der Waals surface area contributed by atoms with E-state index >= 15 is 0 Å².